The number of carbonyl (C=O) groups excluding carboxylic acids is 1. The van der Waals surface area contributed by atoms with E-state index >= 15 is 0 Å². The third-order valence-corrected chi connectivity index (χ3v) is 2.33. The van der Waals surface area contributed by atoms with Gasteiger partial charge in [-0.3, -0.25) is 4.79 Å². The molecule has 0 heterocycles. The first-order valence-corrected chi connectivity index (χ1v) is 6.60. The number of sulfonamides is 1. The number of aliphatic hydroxyl groups excluding tert-OH is 1. The van der Waals surface area contributed by atoms with Crippen LogP contribution in [0.1, 0.15) is 19.8 Å². The van der Waals surface area contributed by atoms with E-state index in [-0.39, 0.29) is 25.4 Å². The lowest BCUT2D eigenvalue weighted by Gasteiger charge is -2.06. The zero-order valence-electron chi connectivity index (χ0n) is 8.99. The van der Waals surface area contributed by atoms with Crippen molar-refractivity contribution >= 4 is 15.9 Å². The van der Waals surface area contributed by atoms with Crippen molar-refractivity contribution in [3.8, 4) is 0 Å². The molecule has 0 spiro atoms. The van der Waals surface area contributed by atoms with Crippen molar-refractivity contribution < 1.29 is 18.3 Å². The summed E-state index contributed by atoms with van der Waals surface area (Å²) < 4.78 is 23.5. The molecule has 0 saturated carbocycles. The smallest absolute Gasteiger partial charge is 0.220 e. The molecule has 0 aromatic carbocycles. The van der Waals surface area contributed by atoms with Crippen LogP contribution in [-0.4, -0.2) is 44.9 Å². The number of rotatable bonds is 7. The summed E-state index contributed by atoms with van der Waals surface area (Å²) in [5.74, 6) is -0.189. The summed E-state index contributed by atoms with van der Waals surface area (Å²) in [6.45, 7) is 2.05. The molecule has 6 nitrogen and oxygen atoms in total. The number of amides is 1. The summed E-state index contributed by atoms with van der Waals surface area (Å²) in [4.78, 5) is 11.1. The van der Waals surface area contributed by atoms with Gasteiger partial charge in [-0.15, -0.1) is 0 Å². The van der Waals surface area contributed by atoms with Gasteiger partial charge < -0.3 is 10.4 Å². The van der Waals surface area contributed by atoms with Crippen LogP contribution in [0.4, 0.5) is 0 Å². The molecule has 1 amide bonds. The Labute approximate surface area is 90.1 Å². The molecule has 1 unspecified atom stereocenters. The van der Waals surface area contributed by atoms with E-state index in [1.807, 2.05) is 0 Å². The van der Waals surface area contributed by atoms with Crippen LogP contribution in [0.25, 0.3) is 0 Å². The lowest BCUT2D eigenvalue weighted by molar-refractivity contribution is -0.121. The summed E-state index contributed by atoms with van der Waals surface area (Å²) in [7, 11) is -3.19. The zero-order chi connectivity index (χ0) is 11.9. The molecule has 0 rings (SSSR count). The lowest BCUT2D eigenvalue weighted by Crippen LogP contribution is -2.34. The molecular formula is C8H18N2O4S. The van der Waals surface area contributed by atoms with Crippen molar-refractivity contribution in [1.29, 1.82) is 0 Å². The fourth-order valence-electron chi connectivity index (χ4n) is 0.867. The first kappa shape index (κ1) is 14.3. The van der Waals surface area contributed by atoms with Crippen LogP contribution < -0.4 is 10.0 Å². The maximum absolute atomic E-state index is 11.1. The molecule has 0 aliphatic heterocycles. The minimum absolute atomic E-state index is 0.180. The van der Waals surface area contributed by atoms with Crippen LogP contribution in [0.5, 0.6) is 0 Å². The van der Waals surface area contributed by atoms with Crippen LogP contribution in [0.3, 0.4) is 0 Å². The van der Waals surface area contributed by atoms with Crippen LogP contribution in [0.2, 0.25) is 0 Å². The second-order valence-electron chi connectivity index (χ2n) is 3.40. The SMILES string of the molecule is CC(O)CCC(=O)NCCNS(C)(=O)=O. The lowest BCUT2D eigenvalue weighted by atomic mass is 10.2. The van der Waals surface area contributed by atoms with E-state index in [0.29, 0.717) is 6.42 Å². The van der Waals surface area contributed by atoms with Gasteiger partial charge in [0, 0.05) is 19.5 Å². The highest BCUT2D eigenvalue weighted by Gasteiger charge is 2.04. The molecule has 0 aromatic heterocycles. The highest BCUT2D eigenvalue weighted by Crippen LogP contribution is 1.94. The van der Waals surface area contributed by atoms with Crippen molar-refractivity contribution in [3.63, 3.8) is 0 Å². The maximum atomic E-state index is 11.1. The van der Waals surface area contributed by atoms with Crippen molar-refractivity contribution in [2.24, 2.45) is 0 Å². The summed E-state index contributed by atoms with van der Waals surface area (Å²) in [5.41, 5.74) is 0. The van der Waals surface area contributed by atoms with Crippen LogP contribution in [-0.2, 0) is 14.8 Å². The number of hydrogen-bond acceptors (Lipinski definition) is 4. The first-order valence-electron chi connectivity index (χ1n) is 4.70. The molecule has 90 valence electrons. The second-order valence-corrected chi connectivity index (χ2v) is 5.24. The van der Waals surface area contributed by atoms with Gasteiger partial charge >= 0.3 is 0 Å². The average molecular weight is 238 g/mol. The number of carbonyl (C=O) groups is 1. The van der Waals surface area contributed by atoms with E-state index < -0.39 is 16.1 Å². The van der Waals surface area contributed by atoms with E-state index in [1.54, 1.807) is 6.92 Å². The van der Waals surface area contributed by atoms with Crippen molar-refractivity contribution in [2.75, 3.05) is 19.3 Å². The Bertz CT molecular complexity index is 287. The average Bonchev–Trinajstić information content (AvgIpc) is 2.07. The second kappa shape index (κ2) is 6.76. The standard InChI is InChI=1S/C8H18N2O4S/c1-7(11)3-4-8(12)9-5-6-10-15(2,13)14/h7,10-11H,3-6H2,1-2H3,(H,9,12). The summed E-state index contributed by atoms with van der Waals surface area (Å²) in [5, 5.41) is 11.4. The molecule has 0 aliphatic carbocycles. The van der Waals surface area contributed by atoms with Gasteiger partial charge in [0.25, 0.3) is 0 Å². The molecule has 0 aliphatic rings. The third-order valence-electron chi connectivity index (χ3n) is 1.60. The van der Waals surface area contributed by atoms with Gasteiger partial charge in [0.2, 0.25) is 15.9 Å². The predicted octanol–water partition coefficient (Wildman–Crippen LogP) is -1.19. The summed E-state index contributed by atoms with van der Waals surface area (Å²) in [6.07, 6.45) is 1.22. The highest BCUT2D eigenvalue weighted by molar-refractivity contribution is 7.88. The molecule has 0 fully saturated rings. The maximum Gasteiger partial charge on any atom is 0.220 e. The summed E-state index contributed by atoms with van der Waals surface area (Å²) in [6, 6.07) is 0. The summed E-state index contributed by atoms with van der Waals surface area (Å²) >= 11 is 0. The molecule has 3 N–H and O–H groups in total. The molecule has 0 saturated heterocycles. The topological polar surface area (TPSA) is 95.5 Å². The Morgan fingerprint density at radius 3 is 2.47 bits per heavy atom. The van der Waals surface area contributed by atoms with Crippen molar-refractivity contribution in [3.05, 3.63) is 0 Å². The Kier molecular flexibility index (Phi) is 6.46. The van der Waals surface area contributed by atoms with E-state index in [9.17, 15) is 13.2 Å². The zero-order valence-corrected chi connectivity index (χ0v) is 9.80. The van der Waals surface area contributed by atoms with E-state index in [1.165, 1.54) is 0 Å². The molecule has 15 heavy (non-hydrogen) atoms. The van der Waals surface area contributed by atoms with Gasteiger partial charge in [-0.25, -0.2) is 13.1 Å². The quantitative estimate of drug-likeness (QED) is 0.486. The van der Waals surface area contributed by atoms with E-state index in [0.717, 1.165) is 6.26 Å². The first-order chi connectivity index (χ1) is 6.81. The van der Waals surface area contributed by atoms with Gasteiger partial charge in [0.05, 0.1) is 12.4 Å². The van der Waals surface area contributed by atoms with Gasteiger partial charge in [0.1, 0.15) is 0 Å². The molecular weight excluding hydrogens is 220 g/mol. The number of nitrogens with one attached hydrogen (secondary N) is 2. The van der Waals surface area contributed by atoms with Gasteiger partial charge in [-0.2, -0.15) is 0 Å². The fourth-order valence-corrected chi connectivity index (χ4v) is 1.34. The largest absolute Gasteiger partial charge is 0.393 e. The van der Waals surface area contributed by atoms with Crippen LogP contribution in [0.15, 0.2) is 0 Å². The minimum atomic E-state index is -3.19. The Morgan fingerprint density at radius 1 is 1.40 bits per heavy atom. The molecule has 0 bridgehead atoms. The van der Waals surface area contributed by atoms with Crippen LogP contribution in [0, 0.1) is 0 Å². The van der Waals surface area contributed by atoms with Gasteiger partial charge in [-0.05, 0) is 13.3 Å². The minimum Gasteiger partial charge on any atom is -0.393 e. The van der Waals surface area contributed by atoms with E-state index in [2.05, 4.69) is 10.0 Å². The highest BCUT2D eigenvalue weighted by atomic mass is 32.2. The van der Waals surface area contributed by atoms with E-state index in [4.69, 9.17) is 5.11 Å². The molecule has 1 atom stereocenters. The van der Waals surface area contributed by atoms with Gasteiger partial charge in [-0.1, -0.05) is 0 Å². The van der Waals surface area contributed by atoms with Crippen molar-refractivity contribution in [1.82, 2.24) is 10.0 Å². The van der Waals surface area contributed by atoms with Gasteiger partial charge in [0.15, 0.2) is 0 Å². The molecule has 0 aromatic rings. The third kappa shape index (κ3) is 11.3. The van der Waals surface area contributed by atoms with Crippen LogP contribution >= 0.6 is 0 Å². The predicted molar refractivity (Wildman–Crippen MR) is 56.8 cm³/mol. The Morgan fingerprint density at radius 2 is 2.00 bits per heavy atom. The van der Waals surface area contributed by atoms with Crippen molar-refractivity contribution in [2.45, 2.75) is 25.9 Å². The molecule has 7 heteroatoms. The number of hydrogen-bond donors (Lipinski definition) is 3. The Hall–Kier alpha value is -0.660. The fraction of sp³-hybridized carbons (Fsp3) is 0.875. The number of aliphatic hydroxyl groups is 1. The molecule has 0 radical (unpaired) electrons. The monoisotopic (exact) mass is 238 g/mol. The normalized spacial score (nSPS) is 13.5. The Balaban J connectivity index is 3.48.